The number of carbonyl (C=O) groups is 2. The van der Waals surface area contributed by atoms with Crippen molar-refractivity contribution in [2.24, 2.45) is 5.92 Å². The number of sulfone groups is 1. The summed E-state index contributed by atoms with van der Waals surface area (Å²) in [5.74, 6) is -0.878. The van der Waals surface area contributed by atoms with E-state index in [1.54, 1.807) is 6.20 Å². The second kappa shape index (κ2) is 6.39. The van der Waals surface area contributed by atoms with Crippen molar-refractivity contribution in [3.05, 3.63) is 36.0 Å². The molecule has 6 nitrogen and oxygen atoms in total. The molecule has 1 N–H and O–H groups in total. The Labute approximate surface area is 140 Å². The Morgan fingerprint density at radius 3 is 2.79 bits per heavy atom. The molecular formula is C17H19NO5S. The number of hydrogen-bond acceptors (Lipinski definition) is 5. The Bertz CT molecular complexity index is 883. The van der Waals surface area contributed by atoms with Crippen molar-refractivity contribution in [2.45, 2.75) is 25.9 Å². The van der Waals surface area contributed by atoms with Gasteiger partial charge in [-0.05, 0) is 25.3 Å². The molecule has 2 atom stereocenters. The summed E-state index contributed by atoms with van der Waals surface area (Å²) >= 11 is 0. The van der Waals surface area contributed by atoms with E-state index in [0.29, 0.717) is 12.0 Å². The van der Waals surface area contributed by atoms with Crippen LogP contribution in [0, 0.1) is 5.92 Å². The fraction of sp³-hybridized carbons (Fsp3) is 0.412. The summed E-state index contributed by atoms with van der Waals surface area (Å²) in [4.78, 5) is 27.5. The third-order valence-electron chi connectivity index (χ3n) is 4.31. The van der Waals surface area contributed by atoms with Crippen molar-refractivity contribution in [1.82, 2.24) is 4.98 Å². The predicted molar refractivity (Wildman–Crippen MR) is 89.6 cm³/mol. The highest BCUT2D eigenvalue weighted by molar-refractivity contribution is 7.91. The normalized spacial score (nSPS) is 20.8. The minimum Gasteiger partial charge on any atom is -0.454 e. The molecule has 2 aromatic rings. The number of fused-ring (bicyclic) bond motifs is 1. The van der Waals surface area contributed by atoms with Gasteiger partial charge in [0.05, 0.1) is 11.5 Å². The van der Waals surface area contributed by atoms with Crippen molar-refractivity contribution in [3.63, 3.8) is 0 Å². The molecule has 3 rings (SSSR count). The number of rotatable bonds is 5. The van der Waals surface area contributed by atoms with E-state index in [4.69, 9.17) is 4.74 Å². The lowest BCUT2D eigenvalue weighted by atomic mass is 10.0. The molecule has 2 heterocycles. The third-order valence-corrected chi connectivity index (χ3v) is 6.15. The fourth-order valence-electron chi connectivity index (χ4n) is 3.06. The highest BCUT2D eigenvalue weighted by atomic mass is 32.2. The second-order valence-electron chi connectivity index (χ2n) is 6.22. The maximum absolute atomic E-state index is 12.5. The number of benzene rings is 1. The Balaban J connectivity index is 1.63. The molecule has 128 valence electrons. The van der Waals surface area contributed by atoms with Crippen molar-refractivity contribution in [3.8, 4) is 0 Å². The van der Waals surface area contributed by atoms with Crippen LogP contribution in [0.25, 0.3) is 10.9 Å². The van der Waals surface area contributed by atoms with E-state index in [0.717, 1.165) is 10.9 Å². The van der Waals surface area contributed by atoms with Crippen LogP contribution in [0.2, 0.25) is 0 Å². The third kappa shape index (κ3) is 3.51. The van der Waals surface area contributed by atoms with Gasteiger partial charge in [0.2, 0.25) is 5.78 Å². The lowest BCUT2D eigenvalue weighted by Crippen LogP contribution is -2.25. The molecule has 1 aliphatic rings. The van der Waals surface area contributed by atoms with Crippen molar-refractivity contribution in [2.75, 3.05) is 11.5 Å². The molecule has 0 unspecified atom stereocenters. The number of aromatic amines is 1. The van der Waals surface area contributed by atoms with Gasteiger partial charge in [0.15, 0.2) is 15.9 Å². The highest BCUT2D eigenvalue weighted by Crippen LogP contribution is 2.23. The molecule has 0 aliphatic carbocycles. The summed E-state index contributed by atoms with van der Waals surface area (Å²) in [5, 5.41) is 0.785. The van der Waals surface area contributed by atoms with Crippen LogP contribution in [0.3, 0.4) is 0 Å². The van der Waals surface area contributed by atoms with Crippen LogP contribution in [0.1, 0.15) is 30.1 Å². The molecule has 0 saturated carbocycles. The molecular weight excluding hydrogens is 330 g/mol. The topological polar surface area (TPSA) is 93.3 Å². The number of para-hydroxylation sites is 1. The van der Waals surface area contributed by atoms with Crippen LogP contribution in [-0.2, 0) is 19.4 Å². The highest BCUT2D eigenvalue weighted by Gasteiger charge is 2.31. The standard InChI is InChI=1S/C17H19NO5S/c1-11(23-16(19)8-12-6-7-24(21,22)10-12)17(20)14-9-18-15-5-3-2-4-13(14)15/h2-5,9,11-12,18H,6-8,10H2,1H3/t11-,12-/m1/s1. The molecule has 24 heavy (non-hydrogen) atoms. The molecule has 0 spiro atoms. The van der Waals surface area contributed by atoms with E-state index < -0.39 is 21.9 Å². The summed E-state index contributed by atoms with van der Waals surface area (Å²) in [6.45, 7) is 1.54. The van der Waals surface area contributed by atoms with Crippen molar-refractivity contribution < 1.29 is 22.7 Å². The van der Waals surface area contributed by atoms with E-state index in [-0.39, 0.29) is 29.6 Å². The SMILES string of the molecule is C[C@@H](OC(=O)C[C@H]1CCS(=O)(=O)C1)C(=O)c1c[nH]c2ccccc12. The van der Waals surface area contributed by atoms with Gasteiger partial charge in [-0.1, -0.05) is 18.2 Å². The molecule has 0 amide bonds. The predicted octanol–water partition coefficient (Wildman–Crippen LogP) is 2.11. The largest absolute Gasteiger partial charge is 0.454 e. The first-order valence-electron chi connectivity index (χ1n) is 7.86. The van der Waals surface area contributed by atoms with Gasteiger partial charge in [-0.15, -0.1) is 0 Å². The maximum Gasteiger partial charge on any atom is 0.306 e. The molecule has 1 saturated heterocycles. The molecule has 1 aromatic carbocycles. The Kier molecular flexibility index (Phi) is 4.45. The van der Waals surface area contributed by atoms with Crippen LogP contribution >= 0.6 is 0 Å². The number of ketones is 1. The summed E-state index contributed by atoms with van der Waals surface area (Å²) < 4.78 is 28.1. The quantitative estimate of drug-likeness (QED) is 0.659. The Hall–Kier alpha value is -2.15. The number of ether oxygens (including phenoxy) is 1. The monoisotopic (exact) mass is 349 g/mol. The van der Waals surface area contributed by atoms with E-state index in [1.165, 1.54) is 6.92 Å². The molecule has 7 heteroatoms. The minimum atomic E-state index is -3.02. The van der Waals surface area contributed by atoms with E-state index in [9.17, 15) is 18.0 Å². The zero-order chi connectivity index (χ0) is 17.3. The van der Waals surface area contributed by atoms with E-state index in [1.807, 2.05) is 24.3 Å². The van der Waals surface area contributed by atoms with Gasteiger partial charge in [-0.25, -0.2) is 8.42 Å². The fourth-order valence-corrected chi connectivity index (χ4v) is 4.92. The molecule has 1 aromatic heterocycles. The Morgan fingerprint density at radius 2 is 2.08 bits per heavy atom. The van der Waals surface area contributed by atoms with Crippen LogP contribution in [0.5, 0.6) is 0 Å². The second-order valence-corrected chi connectivity index (χ2v) is 8.45. The smallest absolute Gasteiger partial charge is 0.306 e. The van der Waals surface area contributed by atoms with Gasteiger partial charge in [0.25, 0.3) is 0 Å². The number of Topliss-reactive ketones (excluding diaryl/α,β-unsaturated/α-hetero) is 1. The van der Waals surface area contributed by atoms with Gasteiger partial charge in [0.1, 0.15) is 0 Å². The number of hydrogen-bond donors (Lipinski definition) is 1. The number of H-pyrrole nitrogens is 1. The summed E-state index contributed by atoms with van der Waals surface area (Å²) in [7, 11) is -3.02. The maximum atomic E-state index is 12.5. The van der Waals surface area contributed by atoms with Gasteiger partial charge in [0, 0.05) is 29.1 Å². The number of esters is 1. The average molecular weight is 349 g/mol. The van der Waals surface area contributed by atoms with Gasteiger partial charge in [-0.2, -0.15) is 0 Å². The average Bonchev–Trinajstić information content (AvgIpc) is 3.09. The number of aromatic nitrogens is 1. The lowest BCUT2D eigenvalue weighted by Gasteiger charge is -2.13. The van der Waals surface area contributed by atoms with Gasteiger partial charge >= 0.3 is 5.97 Å². The minimum absolute atomic E-state index is 0.0207. The molecule has 0 radical (unpaired) electrons. The van der Waals surface area contributed by atoms with Crippen molar-refractivity contribution in [1.29, 1.82) is 0 Å². The summed E-state index contributed by atoms with van der Waals surface area (Å²) in [6.07, 6.45) is 1.21. The first-order chi connectivity index (χ1) is 11.4. The van der Waals surface area contributed by atoms with Crippen LogP contribution in [0.15, 0.2) is 30.5 Å². The van der Waals surface area contributed by atoms with E-state index in [2.05, 4.69) is 4.98 Å². The van der Waals surface area contributed by atoms with Gasteiger partial charge in [-0.3, -0.25) is 9.59 Å². The van der Waals surface area contributed by atoms with Crippen molar-refractivity contribution >= 4 is 32.5 Å². The lowest BCUT2D eigenvalue weighted by molar-refractivity contribution is -0.147. The van der Waals surface area contributed by atoms with Crippen LogP contribution in [0.4, 0.5) is 0 Å². The van der Waals surface area contributed by atoms with E-state index >= 15 is 0 Å². The molecule has 1 fully saturated rings. The zero-order valence-electron chi connectivity index (χ0n) is 13.3. The molecule has 1 aliphatic heterocycles. The number of carbonyl (C=O) groups excluding carboxylic acids is 2. The summed E-state index contributed by atoms with van der Waals surface area (Å²) in [6, 6.07) is 7.40. The first kappa shape index (κ1) is 16.7. The van der Waals surface area contributed by atoms with Crippen LogP contribution in [-0.4, -0.2) is 42.8 Å². The van der Waals surface area contributed by atoms with Gasteiger partial charge < -0.3 is 9.72 Å². The van der Waals surface area contributed by atoms with Crippen LogP contribution < -0.4 is 0 Å². The zero-order valence-corrected chi connectivity index (χ0v) is 14.1. The summed E-state index contributed by atoms with van der Waals surface area (Å²) in [5.41, 5.74) is 1.32. The number of nitrogens with one attached hydrogen (secondary N) is 1. The molecule has 0 bridgehead atoms. The first-order valence-corrected chi connectivity index (χ1v) is 9.68. The Morgan fingerprint density at radius 1 is 1.33 bits per heavy atom.